The topological polar surface area (TPSA) is 18.5 Å². The second-order valence-corrected chi connectivity index (χ2v) is 18.6. The molecule has 6 rings (SSSR count). The van der Waals surface area contributed by atoms with Crippen LogP contribution in [0.25, 0.3) is 22.3 Å². The molecule has 0 N–H and O–H groups in total. The Morgan fingerprint density at radius 2 is 1.06 bits per heavy atom. The minimum absolute atomic E-state index is 0.0152. The molecule has 1 unspecified atom stereocenters. The summed E-state index contributed by atoms with van der Waals surface area (Å²) in [6.07, 6.45) is -17.5. The molecule has 0 spiro atoms. The number of hydrogen-bond donors (Lipinski definition) is 0. The van der Waals surface area contributed by atoms with Crippen molar-refractivity contribution in [3.8, 4) is 16.9 Å². The van der Waals surface area contributed by atoms with E-state index in [1.54, 1.807) is 72.9 Å². The molecule has 0 bridgehead atoms. The monoisotopic (exact) mass is 909 g/mol. The van der Waals surface area contributed by atoms with Crippen LogP contribution in [0.1, 0.15) is 105 Å². The van der Waals surface area contributed by atoms with Crippen LogP contribution in [0.2, 0.25) is 0 Å². The van der Waals surface area contributed by atoms with Crippen molar-refractivity contribution in [2.45, 2.75) is 91.2 Å². The Kier molecular flexibility index (Phi) is 12.1. The maximum absolute atomic E-state index is 14.6. The number of fused-ring (bicyclic) bond motifs is 3. The molecule has 1 heterocycles. The first kappa shape index (κ1) is 48.2. The number of quaternary nitrogens is 1. The van der Waals surface area contributed by atoms with Crippen molar-refractivity contribution < 1.29 is 66.6 Å². The number of halogens is 12. The zero-order chi connectivity index (χ0) is 47.9. The van der Waals surface area contributed by atoms with Crippen LogP contribution >= 0.6 is 0 Å². The summed E-state index contributed by atoms with van der Waals surface area (Å²) < 4.78 is 187. The predicted octanol–water partition coefficient (Wildman–Crippen LogP) is 15.1. The lowest BCUT2D eigenvalue weighted by molar-refractivity contribution is -0.945. The first-order valence-electron chi connectivity index (χ1n) is 20.1. The third kappa shape index (κ3) is 9.15. The van der Waals surface area contributed by atoms with Gasteiger partial charge in [0.05, 0.1) is 54.6 Å². The Morgan fingerprint density at radius 1 is 0.594 bits per heavy atom. The van der Waals surface area contributed by atoms with Gasteiger partial charge in [-0.25, -0.2) is 0 Å². The van der Waals surface area contributed by atoms with Crippen LogP contribution in [0.15, 0.2) is 89.7 Å². The number of allylic oxidation sites excluding steroid dienone is 3. The van der Waals surface area contributed by atoms with Crippen LogP contribution in [0.4, 0.5) is 52.7 Å². The van der Waals surface area contributed by atoms with E-state index in [9.17, 15) is 52.7 Å². The van der Waals surface area contributed by atoms with E-state index in [0.717, 1.165) is 5.56 Å². The van der Waals surface area contributed by atoms with Crippen LogP contribution < -0.4 is 4.74 Å². The van der Waals surface area contributed by atoms with Gasteiger partial charge in [0.25, 0.3) is 0 Å². The van der Waals surface area contributed by atoms with Gasteiger partial charge in [0, 0.05) is 33.7 Å². The third-order valence-electron chi connectivity index (χ3n) is 11.9. The fourth-order valence-electron chi connectivity index (χ4n) is 8.58. The van der Waals surface area contributed by atoms with Crippen molar-refractivity contribution in [2.24, 2.45) is 5.41 Å². The molecule has 1 aliphatic carbocycles. The Balaban J connectivity index is 1.92. The first-order chi connectivity index (χ1) is 29.2. The Morgan fingerprint density at radius 3 is 1.47 bits per heavy atom. The Bertz CT molecular complexity index is 2500. The van der Waals surface area contributed by atoms with Gasteiger partial charge in [-0.3, -0.25) is 0 Å². The molecular weight excluding hydrogens is 863 g/mol. The van der Waals surface area contributed by atoms with Crippen LogP contribution in [0.5, 0.6) is 5.75 Å². The number of rotatable bonds is 6. The van der Waals surface area contributed by atoms with Gasteiger partial charge in [0.1, 0.15) is 41.6 Å². The fraction of sp³-hybridized carbons (Fsp3) is 0.388. The molecule has 4 aromatic rings. The molecule has 3 nitrogen and oxygen atoms in total. The quantitative estimate of drug-likeness (QED) is 0.109. The number of benzene rings is 4. The minimum Gasteiger partial charge on any atom is -0.496 e. The predicted molar refractivity (Wildman–Crippen MR) is 220 cm³/mol. The van der Waals surface area contributed by atoms with Crippen LogP contribution in [0, 0.1) is 11.5 Å². The normalized spacial score (nSPS) is 18.2. The van der Waals surface area contributed by atoms with Crippen molar-refractivity contribution in [1.29, 1.82) is 0 Å². The molecule has 342 valence electrons. The molecule has 0 saturated carbocycles. The van der Waals surface area contributed by atoms with Gasteiger partial charge in [-0.15, -0.1) is 0 Å². The molecule has 0 saturated heterocycles. The number of hydrogen-bond acceptors (Lipinski definition) is 2. The smallest absolute Gasteiger partial charge is 0.416 e. The van der Waals surface area contributed by atoms with Crippen LogP contribution in [-0.2, 0) is 41.4 Å². The Hall–Kier alpha value is -5.27. The standard InChI is InChI=1S/C49H47F12NO2/c1-26(27-14-12-11-13-15-27)62(8)24-36-34(22-38(44(2,3)4)42(63-9)40(36)28-16-30(46(50,51)52)20-31(17-28)47(53,54)55)35-23-39(45(5,6)7)43(64-10)41(37(35)25-62)29-18-32(48(56,57)58)21-33(19-29)49(59,60)61/h11-22,26H,24-25H2,1-10H3/q+2/t26?,62-/m0/s1. The van der Waals surface area contributed by atoms with E-state index in [0.29, 0.717) is 29.8 Å². The number of nitrogens with zero attached hydrogens (tertiary/aromatic N) is 1. The van der Waals surface area contributed by atoms with Gasteiger partial charge in [0.2, 0.25) is 5.76 Å². The van der Waals surface area contributed by atoms with Crippen molar-refractivity contribution in [2.75, 3.05) is 27.8 Å². The van der Waals surface area contributed by atoms with E-state index in [-0.39, 0.29) is 80.2 Å². The lowest BCUT2D eigenvalue weighted by Gasteiger charge is -2.39. The summed E-state index contributed by atoms with van der Waals surface area (Å²) in [5.74, 6) is -0.0721. The van der Waals surface area contributed by atoms with Gasteiger partial charge in [-0.05, 0) is 60.4 Å². The average molecular weight is 910 g/mol. The molecule has 0 fully saturated rings. The molecule has 15 heteroatoms. The second-order valence-electron chi connectivity index (χ2n) is 18.6. The number of likely N-dealkylation sites (N-methyl/N-ethyl adjacent to an activating group) is 1. The zero-order valence-corrected chi connectivity index (χ0v) is 36.7. The van der Waals surface area contributed by atoms with Gasteiger partial charge in [-0.2, -0.15) is 52.7 Å². The molecular formula is C49H47F12NO2+2. The lowest BCUT2D eigenvalue weighted by atomic mass is 9.73. The SMILES string of the molecule is COC1=C(C(C)(C)C)[C+]=C2C(=C1c1cc(C(F)(F)F)cc(C(F)(F)F)c1)C[N@@+](C)(C(C)c1ccccc1)Cc1c2cc(C(C)(C)C)c(OC)c1-c1cc(C(F)(F)F)cc(C(F)(F)F)c1. The summed E-state index contributed by atoms with van der Waals surface area (Å²) >= 11 is 0. The number of ether oxygens (including phenoxy) is 2. The highest BCUT2D eigenvalue weighted by atomic mass is 19.4. The molecule has 2 aliphatic rings. The maximum atomic E-state index is 14.6. The molecule has 0 radical (unpaired) electrons. The largest absolute Gasteiger partial charge is 0.496 e. The highest BCUT2D eigenvalue weighted by Crippen LogP contribution is 2.55. The summed E-state index contributed by atoms with van der Waals surface area (Å²) in [4.78, 5) is 0. The minimum atomic E-state index is -5.22. The van der Waals surface area contributed by atoms with E-state index in [2.05, 4.69) is 6.08 Å². The van der Waals surface area contributed by atoms with E-state index < -0.39 is 75.0 Å². The fourth-order valence-corrected chi connectivity index (χ4v) is 8.58. The lowest BCUT2D eigenvalue weighted by Crippen LogP contribution is -2.46. The second kappa shape index (κ2) is 16.0. The van der Waals surface area contributed by atoms with Gasteiger partial charge >= 0.3 is 24.7 Å². The molecule has 0 amide bonds. The molecule has 0 aromatic heterocycles. The number of alkyl halides is 12. The molecule has 1 aliphatic heterocycles. The number of methoxy groups -OCH3 is 2. The van der Waals surface area contributed by atoms with Crippen molar-refractivity contribution in [1.82, 2.24) is 0 Å². The van der Waals surface area contributed by atoms with E-state index in [1.165, 1.54) is 14.2 Å². The molecule has 64 heavy (non-hydrogen) atoms. The van der Waals surface area contributed by atoms with Gasteiger partial charge in [-0.1, -0.05) is 71.9 Å². The summed E-state index contributed by atoms with van der Waals surface area (Å²) in [7, 11) is 4.26. The van der Waals surface area contributed by atoms with Gasteiger partial charge in [0.15, 0.2) is 5.57 Å². The summed E-state index contributed by atoms with van der Waals surface area (Å²) in [6, 6.07) is 12.6. The summed E-state index contributed by atoms with van der Waals surface area (Å²) in [5, 5.41) is 0. The Labute approximate surface area is 364 Å². The highest BCUT2D eigenvalue weighted by Gasteiger charge is 2.50. The average Bonchev–Trinajstić information content (AvgIpc) is 3.30. The van der Waals surface area contributed by atoms with E-state index >= 15 is 0 Å². The van der Waals surface area contributed by atoms with Crippen molar-refractivity contribution >= 4 is 11.1 Å². The van der Waals surface area contributed by atoms with Crippen LogP contribution in [0.3, 0.4) is 0 Å². The van der Waals surface area contributed by atoms with Crippen LogP contribution in [-0.4, -0.2) is 32.3 Å². The first-order valence-corrected chi connectivity index (χ1v) is 20.1. The van der Waals surface area contributed by atoms with E-state index in [4.69, 9.17) is 9.47 Å². The van der Waals surface area contributed by atoms with Crippen molar-refractivity contribution in [3.05, 3.63) is 146 Å². The van der Waals surface area contributed by atoms with Gasteiger partial charge < -0.3 is 14.0 Å². The molecule has 2 atom stereocenters. The highest BCUT2D eigenvalue weighted by molar-refractivity contribution is 6.00. The third-order valence-corrected chi connectivity index (χ3v) is 11.9. The maximum Gasteiger partial charge on any atom is 0.416 e. The molecule has 4 aromatic carbocycles. The van der Waals surface area contributed by atoms with E-state index in [1.807, 2.05) is 19.1 Å². The summed E-state index contributed by atoms with van der Waals surface area (Å²) in [5.41, 5.74) is -7.21. The zero-order valence-electron chi connectivity index (χ0n) is 36.7. The summed E-state index contributed by atoms with van der Waals surface area (Å²) in [6.45, 7) is 12.0. The van der Waals surface area contributed by atoms with Crippen molar-refractivity contribution in [3.63, 3.8) is 0 Å².